The summed E-state index contributed by atoms with van der Waals surface area (Å²) >= 11 is 3.82. The molecule has 0 atom stereocenters. The number of rotatable bonds is 13. The Labute approximate surface area is 664 Å². The highest BCUT2D eigenvalue weighted by Crippen LogP contribution is 2.52. The van der Waals surface area contributed by atoms with Crippen molar-refractivity contribution in [2.24, 2.45) is 0 Å². The summed E-state index contributed by atoms with van der Waals surface area (Å²) < 4.78 is 7.60. The molecular formula is C110H71NS2. The molecule has 0 aliphatic heterocycles. The number of benzene rings is 18. The Morgan fingerprint density at radius 2 is 0.531 bits per heavy atom. The van der Waals surface area contributed by atoms with Crippen molar-refractivity contribution in [3.63, 3.8) is 0 Å². The van der Waals surface area contributed by atoms with E-state index < -0.39 is 0 Å². The first-order chi connectivity index (χ1) is 56.0. The molecule has 528 valence electrons. The van der Waals surface area contributed by atoms with Crippen molar-refractivity contribution in [3.05, 3.63) is 418 Å². The molecule has 1 aliphatic carbocycles. The third kappa shape index (κ3) is 11.4. The Bertz CT molecular complexity index is 7370. The Kier molecular flexibility index (Phi) is 16.2. The van der Waals surface area contributed by atoms with Crippen LogP contribution in [0.15, 0.2) is 406 Å². The molecule has 0 saturated carbocycles. The van der Waals surface area contributed by atoms with E-state index in [-0.39, 0.29) is 0 Å². The van der Waals surface area contributed by atoms with E-state index in [1.54, 1.807) is 0 Å². The van der Waals surface area contributed by atoms with Gasteiger partial charge in [-0.1, -0.05) is 322 Å². The smallest absolute Gasteiger partial charge is 0.0541 e. The quantitative estimate of drug-likeness (QED) is 0.101. The molecule has 0 N–H and O–H groups in total. The maximum Gasteiger partial charge on any atom is 0.0541 e. The van der Waals surface area contributed by atoms with Crippen LogP contribution >= 0.6 is 22.7 Å². The zero-order valence-corrected chi connectivity index (χ0v) is 63.5. The van der Waals surface area contributed by atoms with E-state index in [0.717, 1.165) is 29.6 Å². The summed E-state index contributed by atoms with van der Waals surface area (Å²) in [6.07, 6.45) is 6.74. The van der Waals surface area contributed by atoms with Crippen LogP contribution in [0.25, 0.3) is 212 Å². The second-order valence-electron chi connectivity index (χ2n) is 29.9. The standard InChI is InChI=1S/C110H71NS2/c1-6-28-70(29-7-1)83-38-16-20-42-87(83)76-54-60-105-99(64-76)101-68-80(89-44-22-18-40-85(89)72-32-10-3-11-33-72)66-95(109(101)112-105)78-52-58-103-97(62-78)98-63-79(53-59-104(98)111(103)82-56-50-75(51-57-82)108-93-48-26-24-46-91(93)107(74-36-14-5-15-37-74)92-47-25-27-49-94(92)108)96-67-81(90-45-23-19-41-86(90)73-34-12-4-13-35-73)69-102-100-65-77(55-61-106(100)113-110(96)102)88-43-21-17-39-84(88)71-30-8-2-9-31-71/h1-18,20-40,42-69H,19,41H2. The second-order valence-corrected chi connectivity index (χ2v) is 32.0. The molecule has 3 aromatic heterocycles. The molecule has 22 rings (SSSR count). The van der Waals surface area contributed by atoms with Gasteiger partial charge in [0.25, 0.3) is 0 Å². The third-order valence-corrected chi connectivity index (χ3v) is 25.9. The lowest BCUT2D eigenvalue weighted by Gasteiger charge is -2.18. The van der Waals surface area contributed by atoms with Crippen LogP contribution < -0.4 is 0 Å². The van der Waals surface area contributed by atoms with Gasteiger partial charge in [0.1, 0.15) is 0 Å². The van der Waals surface area contributed by atoms with Crippen LogP contribution in [0.1, 0.15) is 24.0 Å². The first kappa shape index (κ1) is 66.2. The van der Waals surface area contributed by atoms with Crippen molar-refractivity contribution in [2.45, 2.75) is 12.8 Å². The van der Waals surface area contributed by atoms with Crippen molar-refractivity contribution in [1.82, 2.24) is 4.57 Å². The van der Waals surface area contributed by atoms with Gasteiger partial charge in [-0.3, -0.25) is 0 Å². The summed E-state index contributed by atoms with van der Waals surface area (Å²) in [5.74, 6) is 0. The van der Waals surface area contributed by atoms with Crippen LogP contribution in [0.4, 0.5) is 0 Å². The Hall–Kier alpha value is -13.8. The van der Waals surface area contributed by atoms with Crippen LogP contribution in [0.2, 0.25) is 0 Å². The van der Waals surface area contributed by atoms with Gasteiger partial charge in [-0.15, -0.1) is 22.7 Å². The second kappa shape index (κ2) is 27.6. The van der Waals surface area contributed by atoms with Crippen LogP contribution in [0, 0.1) is 0 Å². The highest BCUT2D eigenvalue weighted by atomic mass is 32.1. The van der Waals surface area contributed by atoms with E-state index in [0.29, 0.717) is 0 Å². The minimum absolute atomic E-state index is 0.969. The molecule has 0 spiro atoms. The normalized spacial score (nSPS) is 12.5. The molecule has 0 fully saturated rings. The fraction of sp³-hybridized carbons (Fsp3) is 0.0182. The van der Waals surface area contributed by atoms with Gasteiger partial charge in [-0.05, 0) is 242 Å². The summed E-state index contributed by atoms with van der Waals surface area (Å²) in [6.45, 7) is 0. The van der Waals surface area contributed by atoms with Gasteiger partial charge in [0, 0.05) is 67.9 Å². The first-order valence-corrected chi connectivity index (χ1v) is 40.8. The van der Waals surface area contributed by atoms with Gasteiger partial charge in [-0.2, -0.15) is 0 Å². The molecule has 18 aromatic carbocycles. The van der Waals surface area contributed by atoms with Crippen molar-refractivity contribution in [1.29, 1.82) is 0 Å². The molecule has 1 nitrogen and oxygen atoms in total. The van der Waals surface area contributed by atoms with Crippen LogP contribution in [-0.4, -0.2) is 4.57 Å². The van der Waals surface area contributed by atoms with E-state index in [4.69, 9.17) is 0 Å². The third-order valence-electron chi connectivity index (χ3n) is 23.5. The van der Waals surface area contributed by atoms with Crippen molar-refractivity contribution in [3.8, 4) is 117 Å². The number of fused-ring (bicyclic) bond motifs is 11. The average molecular weight is 1470 g/mol. The first-order valence-electron chi connectivity index (χ1n) is 39.1. The largest absolute Gasteiger partial charge is 0.309 e. The predicted octanol–water partition coefficient (Wildman–Crippen LogP) is 31.8. The molecule has 0 amide bonds. The van der Waals surface area contributed by atoms with Gasteiger partial charge in [0.15, 0.2) is 0 Å². The number of aromatic nitrogens is 1. The number of allylic oxidation sites excluding steroid dienone is 4. The average Bonchev–Trinajstić information content (AvgIpc) is 1.71. The van der Waals surface area contributed by atoms with Gasteiger partial charge >= 0.3 is 0 Å². The predicted molar refractivity (Wildman–Crippen MR) is 488 cm³/mol. The minimum atomic E-state index is 0.969. The number of hydrogen-bond acceptors (Lipinski definition) is 2. The number of nitrogens with zero attached hydrogens (tertiary/aromatic N) is 1. The molecule has 0 bridgehead atoms. The summed E-state index contributed by atoms with van der Waals surface area (Å²) in [7, 11) is 0. The lowest BCUT2D eigenvalue weighted by atomic mass is 9.86. The molecule has 0 saturated heterocycles. The van der Waals surface area contributed by atoms with Gasteiger partial charge in [0.2, 0.25) is 0 Å². The molecule has 21 aromatic rings. The van der Waals surface area contributed by atoms with Crippen LogP contribution in [-0.2, 0) is 0 Å². The Morgan fingerprint density at radius 3 is 0.973 bits per heavy atom. The zero-order chi connectivity index (χ0) is 74.5. The lowest BCUT2D eigenvalue weighted by Crippen LogP contribution is -1.96. The van der Waals surface area contributed by atoms with E-state index >= 15 is 0 Å². The van der Waals surface area contributed by atoms with Crippen molar-refractivity contribution >= 4 is 118 Å². The molecule has 3 heteroatoms. The summed E-state index contributed by atoms with van der Waals surface area (Å²) in [4.78, 5) is 0. The summed E-state index contributed by atoms with van der Waals surface area (Å²) in [5.41, 5.74) is 32.7. The van der Waals surface area contributed by atoms with Gasteiger partial charge in [-0.25, -0.2) is 0 Å². The minimum Gasteiger partial charge on any atom is -0.309 e. The number of thiophene rings is 2. The van der Waals surface area contributed by atoms with E-state index in [1.165, 1.54) is 206 Å². The van der Waals surface area contributed by atoms with E-state index in [9.17, 15) is 0 Å². The van der Waals surface area contributed by atoms with Gasteiger partial charge in [0.05, 0.1) is 11.0 Å². The molecule has 1 aliphatic rings. The molecule has 3 heterocycles. The Morgan fingerprint density at radius 1 is 0.212 bits per heavy atom. The highest BCUT2D eigenvalue weighted by molar-refractivity contribution is 7.26. The van der Waals surface area contributed by atoms with Crippen LogP contribution in [0.3, 0.4) is 0 Å². The zero-order valence-electron chi connectivity index (χ0n) is 61.9. The molecular weight excluding hydrogens is 1400 g/mol. The fourth-order valence-corrected chi connectivity index (χ4v) is 20.7. The monoisotopic (exact) mass is 1470 g/mol. The topological polar surface area (TPSA) is 4.93 Å². The maximum atomic E-state index is 2.53. The summed E-state index contributed by atoms with van der Waals surface area (Å²) in [5, 5.41) is 12.4. The Balaban J connectivity index is 0.782. The lowest BCUT2D eigenvalue weighted by molar-refractivity contribution is 1.06. The SMILES string of the molecule is C1=CC(c2cc(-c3ccc4c(c3)c3cc(-c5cc(-c6ccccc6-c6ccccc6)cc6c5sc5ccc(-c7ccccc7-c7ccccc7)cc56)ccc3n4-c3ccc(-c4c5ccccc5c(-c5ccccc5)c5ccccc45)cc3)c3sc4ccc(-c5ccccc5-c5ccccc5)cc4c3c2)=C(c2ccccc2)CC1. The number of hydrogen-bond donors (Lipinski definition) is 0. The van der Waals surface area contributed by atoms with Crippen LogP contribution in [0.5, 0.6) is 0 Å². The van der Waals surface area contributed by atoms with Crippen molar-refractivity contribution < 1.29 is 0 Å². The van der Waals surface area contributed by atoms with Gasteiger partial charge < -0.3 is 4.57 Å². The summed E-state index contributed by atoms with van der Waals surface area (Å²) in [6, 6.07) is 148. The van der Waals surface area contributed by atoms with Crippen molar-refractivity contribution in [2.75, 3.05) is 0 Å². The van der Waals surface area contributed by atoms with E-state index in [1.807, 2.05) is 22.7 Å². The van der Waals surface area contributed by atoms with E-state index in [2.05, 4.69) is 411 Å². The highest BCUT2D eigenvalue weighted by Gasteiger charge is 2.25. The molecule has 0 unspecified atom stereocenters. The molecule has 113 heavy (non-hydrogen) atoms. The fourth-order valence-electron chi connectivity index (χ4n) is 18.3. The maximum absolute atomic E-state index is 2.53. The molecule has 0 radical (unpaired) electrons.